The second kappa shape index (κ2) is 5.48. The van der Waals surface area contributed by atoms with Crippen LogP contribution in [0, 0.1) is 12.8 Å². The lowest BCUT2D eigenvalue weighted by atomic mass is 10.1. The highest BCUT2D eigenvalue weighted by Crippen LogP contribution is 2.19. The summed E-state index contributed by atoms with van der Waals surface area (Å²) in [5.41, 5.74) is 2.33. The minimum atomic E-state index is -0.336. The van der Waals surface area contributed by atoms with Gasteiger partial charge in [-0.25, -0.2) is 9.78 Å². The highest BCUT2D eigenvalue weighted by atomic mass is 32.1. The SMILES string of the molecule is CCN1CC(COC(=O)c2scnc2C)CC1=O. The van der Waals surface area contributed by atoms with E-state index in [0.717, 1.165) is 6.54 Å². The molecule has 0 N–H and O–H groups in total. The van der Waals surface area contributed by atoms with E-state index in [1.807, 2.05) is 6.92 Å². The van der Waals surface area contributed by atoms with Gasteiger partial charge in [-0.1, -0.05) is 0 Å². The van der Waals surface area contributed by atoms with E-state index in [-0.39, 0.29) is 17.8 Å². The summed E-state index contributed by atoms with van der Waals surface area (Å²) in [5.74, 6) is -0.0699. The Kier molecular flexibility index (Phi) is 3.96. The summed E-state index contributed by atoms with van der Waals surface area (Å²) in [6, 6.07) is 0. The summed E-state index contributed by atoms with van der Waals surface area (Å²) in [6.07, 6.45) is 0.475. The van der Waals surface area contributed by atoms with Crippen LogP contribution in [0.5, 0.6) is 0 Å². The van der Waals surface area contributed by atoms with E-state index < -0.39 is 0 Å². The van der Waals surface area contributed by atoms with Crippen LogP contribution in [0.1, 0.15) is 28.7 Å². The van der Waals surface area contributed by atoms with E-state index in [1.54, 1.807) is 17.3 Å². The third-order valence-corrected chi connectivity index (χ3v) is 3.97. The molecule has 1 aliphatic rings. The van der Waals surface area contributed by atoms with E-state index in [9.17, 15) is 9.59 Å². The predicted molar refractivity (Wildman–Crippen MR) is 67.5 cm³/mol. The minimum absolute atomic E-state index is 0.120. The van der Waals surface area contributed by atoms with Gasteiger partial charge in [-0.15, -0.1) is 11.3 Å². The second-order valence-electron chi connectivity index (χ2n) is 4.37. The Morgan fingerprint density at radius 3 is 3.00 bits per heavy atom. The van der Waals surface area contributed by atoms with E-state index >= 15 is 0 Å². The zero-order valence-electron chi connectivity index (χ0n) is 10.5. The summed E-state index contributed by atoms with van der Waals surface area (Å²) in [6.45, 7) is 5.44. The largest absolute Gasteiger partial charge is 0.461 e. The number of aromatic nitrogens is 1. The Hall–Kier alpha value is -1.43. The molecule has 0 aliphatic carbocycles. The quantitative estimate of drug-likeness (QED) is 0.776. The summed E-state index contributed by atoms with van der Waals surface area (Å²) in [5, 5.41) is 0. The standard InChI is InChI=1S/C12H16N2O3S/c1-3-14-5-9(4-10(14)15)6-17-12(16)11-8(2)13-7-18-11/h7,9H,3-6H2,1-2H3. The zero-order valence-corrected chi connectivity index (χ0v) is 11.3. The molecule has 98 valence electrons. The average Bonchev–Trinajstić information content (AvgIpc) is 2.92. The maximum absolute atomic E-state index is 11.8. The molecule has 0 spiro atoms. The molecule has 6 heteroatoms. The van der Waals surface area contributed by atoms with Gasteiger partial charge in [0.1, 0.15) is 4.88 Å². The van der Waals surface area contributed by atoms with Gasteiger partial charge in [0, 0.05) is 25.4 Å². The number of aryl methyl sites for hydroxylation is 1. The highest BCUT2D eigenvalue weighted by Gasteiger charge is 2.29. The molecule has 0 saturated carbocycles. The molecule has 1 amide bonds. The minimum Gasteiger partial charge on any atom is -0.461 e. The molecule has 18 heavy (non-hydrogen) atoms. The number of esters is 1. The van der Waals surface area contributed by atoms with Gasteiger partial charge in [-0.05, 0) is 13.8 Å². The van der Waals surface area contributed by atoms with Gasteiger partial charge in [0.15, 0.2) is 0 Å². The van der Waals surface area contributed by atoms with Crippen molar-refractivity contribution in [3.8, 4) is 0 Å². The van der Waals surface area contributed by atoms with Crippen molar-refractivity contribution in [1.29, 1.82) is 0 Å². The van der Waals surface area contributed by atoms with Crippen molar-refractivity contribution in [2.45, 2.75) is 20.3 Å². The van der Waals surface area contributed by atoms with Crippen molar-refractivity contribution in [3.05, 3.63) is 16.1 Å². The van der Waals surface area contributed by atoms with Crippen LogP contribution in [0.3, 0.4) is 0 Å². The molecule has 1 saturated heterocycles. The van der Waals surface area contributed by atoms with Crippen LogP contribution >= 0.6 is 11.3 Å². The molecule has 1 atom stereocenters. The second-order valence-corrected chi connectivity index (χ2v) is 5.22. The van der Waals surface area contributed by atoms with Crippen molar-refractivity contribution < 1.29 is 14.3 Å². The summed E-state index contributed by atoms with van der Waals surface area (Å²) in [7, 11) is 0. The third kappa shape index (κ3) is 2.69. The van der Waals surface area contributed by atoms with Crippen LogP contribution in [0.4, 0.5) is 0 Å². The monoisotopic (exact) mass is 268 g/mol. The predicted octanol–water partition coefficient (Wildman–Crippen LogP) is 1.48. The lowest BCUT2D eigenvalue weighted by molar-refractivity contribution is -0.127. The summed E-state index contributed by atoms with van der Waals surface area (Å²) < 4.78 is 5.24. The molecule has 2 rings (SSSR count). The molecule has 1 aromatic heterocycles. The molecule has 1 fully saturated rings. The number of amides is 1. The van der Waals surface area contributed by atoms with Gasteiger partial charge in [0.2, 0.25) is 5.91 Å². The molecule has 2 heterocycles. The smallest absolute Gasteiger partial charge is 0.350 e. The number of ether oxygens (including phenoxy) is 1. The number of nitrogens with zero attached hydrogens (tertiary/aromatic N) is 2. The first-order valence-electron chi connectivity index (χ1n) is 5.96. The van der Waals surface area contributed by atoms with Crippen LogP contribution in [0.15, 0.2) is 5.51 Å². The number of likely N-dealkylation sites (tertiary alicyclic amines) is 1. The van der Waals surface area contributed by atoms with Crippen LogP contribution < -0.4 is 0 Å². The van der Waals surface area contributed by atoms with Gasteiger partial charge in [0.25, 0.3) is 0 Å². The van der Waals surface area contributed by atoms with Crippen molar-refractivity contribution >= 4 is 23.2 Å². The maximum Gasteiger partial charge on any atom is 0.350 e. The van der Waals surface area contributed by atoms with E-state index in [1.165, 1.54) is 11.3 Å². The number of hydrogen-bond acceptors (Lipinski definition) is 5. The van der Waals surface area contributed by atoms with E-state index in [4.69, 9.17) is 4.74 Å². The Labute approximate surface area is 110 Å². The summed E-state index contributed by atoms with van der Waals surface area (Å²) >= 11 is 1.28. The number of thiazole rings is 1. The van der Waals surface area contributed by atoms with Gasteiger partial charge in [-0.2, -0.15) is 0 Å². The topological polar surface area (TPSA) is 59.5 Å². The molecule has 1 aromatic rings. The van der Waals surface area contributed by atoms with E-state index in [0.29, 0.717) is 30.1 Å². The molecular formula is C12H16N2O3S. The van der Waals surface area contributed by atoms with Crippen molar-refractivity contribution in [3.63, 3.8) is 0 Å². The van der Waals surface area contributed by atoms with Crippen LogP contribution in [0.2, 0.25) is 0 Å². The Balaban J connectivity index is 1.84. The Morgan fingerprint density at radius 2 is 2.44 bits per heavy atom. The third-order valence-electron chi connectivity index (χ3n) is 3.06. The average molecular weight is 268 g/mol. The molecule has 0 bridgehead atoms. The van der Waals surface area contributed by atoms with Gasteiger partial charge >= 0.3 is 5.97 Å². The molecule has 0 aromatic carbocycles. The fourth-order valence-corrected chi connectivity index (χ4v) is 2.72. The molecular weight excluding hydrogens is 252 g/mol. The number of hydrogen-bond donors (Lipinski definition) is 0. The molecule has 1 aliphatic heterocycles. The Morgan fingerprint density at radius 1 is 1.67 bits per heavy atom. The van der Waals surface area contributed by atoms with Crippen molar-refractivity contribution in [2.75, 3.05) is 19.7 Å². The lowest BCUT2D eigenvalue weighted by Gasteiger charge is -2.13. The highest BCUT2D eigenvalue weighted by molar-refractivity contribution is 7.11. The number of rotatable bonds is 4. The van der Waals surface area contributed by atoms with Crippen LogP contribution in [0.25, 0.3) is 0 Å². The van der Waals surface area contributed by atoms with Crippen molar-refractivity contribution in [1.82, 2.24) is 9.88 Å². The fraction of sp³-hybridized carbons (Fsp3) is 0.583. The number of carbonyl (C=O) groups excluding carboxylic acids is 2. The normalized spacial score (nSPS) is 19.3. The lowest BCUT2D eigenvalue weighted by Crippen LogP contribution is -2.25. The van der Waals surface area contributed by atoms with Crippen LogP contribution in [-0.2, 0) is 9.53 Å². The van der Waals surface area contributed by atoms with Crippen LogP contribution in [-0.4, -0.2) is 41.5 Å². The van der Waals surface area contributed by atoms with Gasteiger partial charge in [0.05, 0.1) is 17.8 Å². The molecule has 0 radical (unpaired) electrons. The van der Waals surface area contributed by atoms with Gasteiger partial charge < -0.3 is 9.64 Å². The first kappa shape index (κ1) is 13.0. The first-order valence-corrected chi connectivity index (χ1v) is 6.84. The fourth-order valence-electron chi connectivity index (χ4n) is 2.03. The van der Waals surface area contributed by atoms with Gasteiger partial charge in [-0.3, -0.25) is 4.79 Å². The first-order chi connectivity index (χ1) is 8.61. The van der Waals surface area contributed by atoms with Crippen molar-refractivity contribution in [2.24, 2.45) is 5.92 Å². The molecule has 5 nitrogen and oxygen atoms in total. The molecule has 1 unspecified atom stereocenters. The Bertz CT molecular complexity index is 458. The zero-order chi connectivity index (χ0) is 13.1. The number of carbonyl (C=O) groups is 2. The van der Waals surface area contributed by atoms with E-state index in [2.05, 4.69) is 4.98 Å². The summed E-state index contributed by atoms with van der Waals surface area (Å²) in [4.78, 5) is 29.6. The maximum atomic E-state index is 11.8.